The van der Waals surface area contributed by atoms with Crippen LogP contribution in [-0.2, 0) is 18.3 Å². The number of carboxylic acids is 1. The van der Waals surface area contributed by atoms with Gasteiger partial charge in [0.2, 0.25) is 0 Å². The average Bonchev–Trinajstić information content (AvgIpc) is 2.76. The number of anilines is 1. The summed E-state index contributed by atoms with van der Waals surface area (Å²) in [6, 6.07) is 6.14. The molecule has 1 heterocycles. The Morgan fingerprint density at radius 1 is 1.55 bits per heavy atom. The van der Waals surface area contributed by atoms with E-state index in [0.717, 1.165) is 5.69 Å². The second kappa shape index (κ2) is 5.96. The lowest BCUT2D eigenvalue weighted by Gasteiger charge is -2.15. The van der Waals surface area contributed by atoms with Crippen molar-refractivity contribution in [3.05, 3.63) is 46.7 Å². The Balaban J connectivity index is 2.34. The van der Waals surface area contributed by atoms with Gasteiger partial charge in [-0.15, -0.1) is 0 Å². The molecule has 0 fully saturated rings. The number of aliphatic carboxylic acids is 1. The zero-order valence-electron chi connectivity index (χ0n) is 11.3. The van der Waals surface area contributed by atoms with Crippen molar-refractivity contribution in [2.45, 2.75) is 19.4 Å². The standard InChI is InChI=1S/C14H16ClN3O2/c1-3-12-11(8-18(2)17-12)13(14(19)20)16-10-6-4-5-9(15)7-10/h4-8,13,16H,3H2,1-2H3,(H,19,20). The predicted octanol–water partition coefficient (Wildman–Crippen LogP) is 2.87. The van der Waals surface area contributed by atoms with E-state index in [0.29, 0.717) is 22.7 Å². The van der Waals surface area contributed by atoms with E-state index in [2.05, 4.69) is 10.4 Å². The molecule has 1 unspecified atom stereocenters. The van der Waals surface area contributed by atoms with E-state index in [1.54, 1.807) is 42.2 Å². The fourth-order valence-corrected chi connectivity index (χ4v) is 2.28. The lowest BCUT2D eigenvalue weighted by atomic mass is 10.1. The number of nitrogens with one attached hydrogen (secondary N) is 1. The summed E-state index contributed by atoms with van der Waals surface area (Å²) in [5.74, 6) is -0.951. The first-order chi connectivity index (χ1) is 9.51. The SMILES string of the molecule is CCc1nn(C)cc1C(Nc1cccc(Cl)c1)C(=O)O. The van der Waals surface area contributed by atoms with Crippen LogP contribution >= 0.6 is 11.6 Å². The van der Waals surface area contributed by atoms with E-state index < -0.39 is 12.0 Å². The number of halogens is 1. The van der Waals surface area contributed by atoms with Crippen LogP contribution in [0.4, 0.5) is 5.69 Å². The third kappa shape index (κ3) is 3.11. The number of hydrogen-bond acceptors (Lipinski definition) is 3. The highest BCUT2D eigenvalue weighted by Crippen LogP contribution is 2.24. The molecule has 0 saturated heterocycles. The van der Waals surface area contributed by atoms with Crippen molar-refractivity contribution in [1.29, 1.82) is 0 Å². The van der Waals surface area contributed by atoms with Crippen LogP contribution in [0.5, 0.6) is 0 Å². The summed E-state index contributed by atoms with van der Waals surface area (Å²) in [5, 5.41) is 17.3. The summed E-state index contributed by atoms with van der Waals surface area (Å²) in [6.07, 6.45) is 2.41. The number of aromatic nitrogens is 2. The Morgan fingerprint density at radius 2 is 2.30 bits per heavy atom. The van der Waals surface area contributed by atoms with E-state index in [4.69, 9.17) is 11.6 Å². The quantitative estimate of drug-likeness (QED) is 0.889. The Labute approximate surface area is 122 Å². The Bertz CT molecular complexity index is 625. The van der Waals surface area contributed by atoms with Crippen LogP contribution in [0, 0.1) is 0 Å². The molecule has 5 nitrogen and oxygen atoms in total. The zero-order chi connectivity index (χ0) is 14.7. The van der Waals surface area contributed by atoms with Gasteiger partial charge < -0.3 is 10.4 Å². The molecule has 6 heteroatoms. The molecule has 0 saturated carbocycles. The molecule has 1 atom stereocenters. The second-order valence-electron chi connectivity index (χ2n) is 4.48. The van der Waals surface area contributed by atoms with Crippen molar-refractivity contribution in [2.75, 3.05) is 5.32 Å². The van der Waals surface area contributed by atoms with Gasteiger partial charge in [-0.2, -0.15) is 5.10 Å². The van der Waals surface area contributed by atoms with Crippen molar-refractivity contribution in [3.63, 3.8) is 0 Å². The van der Waals surface area contributed by atoms with E-state index in [1.807, 2.05) is 6.92 Å². The topological polar surface area (TPSA) is 67.2 Å². The highest BCUT2D eigenvalue weighted by Gasteiger charge is 2.24. The van der Waals surface area contributed by atoms with Gasteiger partial charge in [-0.1, -0.05) is 24.6 Å². The highest BCUT2D eigenvalue weighted by molar-refractivity contribution is 6.30. The minimum atomic E-state index is -0.951. The number of rotatable bonds is 5. The minimum absolute atomic E-state index is 0.557. The first kappa shape index (κ1) is 14.4. The molecular formula is C14H16ClN3O2. The highest BCUT2D eigenvalue weighted by atomic mass is 35.5. The lowest BCUT2D eigenvalue weighted by Crippen LogP contribution is -2.21. The summed E-state index contributed by atoms with van der Waals surface area (Å²) in [7, 11) is 1.78. The Kier molecular flexibility index (Phi) is 4.29. The molecule has 20 heavy (non-hydrogen) atoms. The van der Waals surface area contributed by atoms with Crippen LogP contribution in [0.3, 0.4) is 0 Å². The first-order valence-electron chi connectivity index (χ1n) is 6.28. The van der Waals surface area contributed by atoms with Gasteiger partial charge in [0.15, 0.2) is 6.04 Å². The van der Waals surface area contributed by atoms with E-state index in [9.17, 15) is 9.90 Å². The maximum Gasteiger partial charge on any atom is 0.330 e. The van der Waals surface area contributed by atoms with Crippen molar-refractivity contribution < 1.29 is 9.90 Å². The Morgan fingerprint density at radius 3 is 2.90 bits per heavy atom. The number of carbonyl (C=O) groups is 1. The van der Waals surface area contributed by atoms with Gasteiger partial charge in [0.25, 0.3) is 0 Å². The zero-order valence-corrected chi connectivity index (χ0v) is 12.1. The molecule has 2 N–H and O–H groups in total. The van der Waals surface area contributed by atoms with Gasteiger partial charge in [-0.3, -0.25) is 4.68 Å². The number of benzene rings is 1. The van der Waals surface area contributed by atoms with Crippen LogP contribution in [-0.4, -0.2) is 20.9 Å². The van der Waals surface area contributed by atoms with E-state index in [1.165, 1.54) is 0 Å². The predicted molar refractivity (Wildman–Crippen MR) is 78.0 cm³/mol. The number of hydrogen-bond donors (Lipinski definition) is 2. The van der Waals surface area contributed by atoms with Gasteiger partial charge in [0.1, 0.15) is 0 Å². The summed E-state index contributed by atoms with van der Waals surface area (Å²) in [6.45, 7) is 1.95. The number of nitrogens with zero attached hydrogens (tertiary/aromatic N) is 2. The van der Waals surface area contributed by atoms with E-state index >= 15 is 0 Å². The molecule has 2 rings (SSSR count). The van der Waals surface area contributed by atoms with E-state index in [-0.39, 0.29) is 0 Å². The largest absolute Gasteiger partial charge is 0.479 e. The molecule has 0 radical (unpaired) electrons. The second-order valence-corrected chi connectivity index (χ2v) is 4.92. The lowest BCUT2D eigenvalue weighted by molar-refractivity contribution is -0.138. The molecule has 0 aliphatic rings. The molecule has 0 spiro atoms. The van der Waals surface area contributed by atoms with Gasteiger partial charge in [-0.25, -0.2) is 4.79 Å². The van der Waals surface area contributed by atoms with Crippen LogP contribution < -0.4 is 5.32 Å². The molecule has 106 valence electrons. The summed E-state index contributed by atoms with van der Waals surface area (Å²) >= 11 is 5.91. The average molecular weight is 294 g/mol. The van der Waals surface area contributed by atoms with Crippen molar-refractivity contribution >= 4 is 23.3 Å². The maximum absolute atomic E-state index is 11.5. The van der Waals surface area contributed by atoms with Gasteiger partial charge in [-0.05, 0) is 24.6 Å². The molecule has 0 bridgehead atoms. The van der Waals surface area contributed by atoms with Crippen LogP contribution in [0.1, 0.15) is 24.2 Å². The summed E-state index contributed by atoms with van der Waals surface area (Å²) in [4.78, 5) is 11.5. The van der Waals surface area contributed by atoms with Gasteiger partial charge >= 0.3 is 5.97 Å². The smallest absolute Gasteiger partial charge is 0.330 e. The first-order valence-corrected chi connectivity index (χ1v) is 6.66. The fourth-order valence-electron chi connectivity index (χ4n) is 2.09. The van der Waals surface area contributed by atoms with Crippen LogP contribution in [0.15, 0.2) is 30.5 Å². The van der Waals surface area contributed by atoms with Crippen LogP contribution in [0.2, 0.25) is 5.02 Å². The molecule has 0 amide bonds. The van der Waals surface area contributed by atoms with Crippen LogP contribution in [0.25, 0.3) is 0 Å². The Hall–Kier alpha value is -2.01. The maximum atomic E-state index is 11.5. The molecular weight excluding hydrogens is 278 g/mol. The monoisotopic (exact) mass is 293 g/mol. The number of aryl methyl sites for hydroxylation is 2. The van der Waals surface area contributed by atoms with Crippen molar-refractivity contribution in [3.8, 4) is 0 Å². The summed E-state index contributed by atoms with van der Waals surface area (Å²) in [5.41, 5.74) is 2.10. The molecule has 1 aromatic heterocycles. The molecule has 1 aromatic carbocycles. The molecule has 0 aliphatic carbocycles. The minimum Gasteiger partial charge on any atom is -0.479 e. The third-order valence-corrected chi connectivity index (χ3v) is 3.20. The third-order valence-electron chi connectivity index (χ3n) is 2.97. The fraction of sp³-hybridized carbons (Fsp3) is 0.286. The molecule has 2 aromatic rings. The van der Waals surface area contributed by atoms with Gasteiger partial charge in [0.05, 0.1) is 5.69 Å². The number of carboxylic acid groups (broad SMARTS) is 1. The van der Waals surface area contributed by atoms with Gasteiger partial charge in [0, 0.05) is 29.5 Å². The van der Waals surface area contributed by atoms with Crippen molar-refractivity contribution in [2.24, 2.45) is 7.05 Å². The van der Waals surface area contributed by atoms with Crippen molar-refractivity contribution in [1.82, 2.24) is 9.78 Å². The molecule has 0 aliphatic heterocycles. The normalized spacial score (nSPS) is 12.2. The summed E-state index contributed by atoms with van der Waals surface area (Å²) < 4.78 is 1.63.